The molecule has 2 aliphatic heterocycles. The molecule has 3 aromatic carbocycles. The maximum absolute atomic E-state index is 9.72. The first-order valence-corrected chi connectivity index (χ1v) is 12.0. The highest BCUT2D eigenvalue weighted by Gasteiger charge is 2.19. The Labute approximate surface area is 201 Å². The van der Waals surface area contributed by atoms with Crippen LogP contribution in [-0.2, 0) is 12.8 Å². The molecule has 5 heteroatoms. The Bertz CT molecular complexity index is 1240. The molecule has 0 atom stereocenters. The maximum Gasteiger partial charge on any atom is 0.119 e. The first kappa shape index (κ1) is 22.4. The van der Waals surface area contributed by atoms with E-state index in [1.54, 1.807) is 12.1 Å². The average molecular weight is 454 g/mol. The van der Waals surface area contributed by atoms with E-state index in [0.29, 0.717) is 0 Å². The Hall–Kier alpha value is -3.44. The Kier molecular flexibility index (Phi) is 6.45. The van der Waals surface area contributed by atoms with E-state index in [2.05, 4.69) is 55.4 Å². The molecule has 0 spiro atoms. The lowest BCUT2D eigenvalue weighted by Crippen LogP contribution is -2.13. The summed E-state index contributed by atoms with van der Waals surface area (Å²) in [6.45, 7) is 1.89. The second kappa shape index (κ2) is 9.82. The molecule has 0 unspecified atom stereocenters. The standard InChI is InChI=1S/C29H31N3O2/c1-32(2)14-4-3-5-15-34-25-11-13-27-23(17-25)19-29(31-27)21-8-6-20(7-9-21)28-18-22-16-24(33)10-12-26(22)30-28/h6-13,16-17,33H,3-5,14-15,18-19H2,1-2H3. The van der Waals surface area contributed by atoms with Crippen LogP contribution in [0.1, 0.15) is 41.5 Å². The summed E-state index contributed by atoms with van der Waals surface area (Å²) in [5.41, 5.74) is 8.64. The molecule has 3 aromatic rings. The molecule has 0 aromatic heterocycles. The van der Waals surface area contributed by atoms with Gasteiger partial charge in [-0.05, 0) is 98.6 Å². The van der Waals surface area contributed by atoms with Crippen molar-refractivity contribution in [3.63, 3.8) is 0 Å². The van der Waals surface area contributed by atoms with Gasteiger partial charge in [0.1, 0.15) is 11.5 Å². The Balaban J connectivity index is 1.18. The minimum atomic E-state index is 0.290. The molecule has 0 saturated carbocycles. The van der Waals surface area contributed by atoms with Crippen LogP contribution >= 0.6 is 0 Å². The van der Waals surface area contributed by atoms with E-state index in [0.717, 1.165) is 77.7 Å². The predicted octanol–water partition coefficient (Wildman–Crippen LogP) is 5.86. The van der Waals surface area contributed by atoms with Crippen molar-refractivity contribution in [3.8, 4) is 11.5 Å². The number of rotatable bonds is 9. The summed E-state index contributed by atoms with van der Waals surface area (Å²) < 4.78 is 5.99. The smallest absolute Gasteiger partial charge is 0.119 e. The van der Waals surface area contributed by atoms with E-state index in [9.17, 15) is 5.11 Å². The van der Waals surface area contributed by atoms with E-state index in [4.69, 9.17) is 14.7 Å². The van der Waals surface area contributed by atoms with E-state index in [-0.39, 0.29) is 5.75 Å². The van der Waals surface area contributed by atoms with Crippen molar-refractivity contribution in [1.82, 2.24) is 4.90 Å². The fourth-order valence-corrected chi connectivity index (χ4v) is 4.54. The monoisotopic (exact) mass is 453 g/mol. The maximum atomic E-state index is 9.72. The van der Waals surface area contributed by atoms with Crippen LogP contribution in [0.15, 0.2) is 70.6 Å². The van der Waals surface area contributed by atoms with Crippen LogP contribution in [0, 0.1) is 0 Å². The largest absolute Gasteiger partial charge is 0.508 e. The second-order valence-corrected chi connectivity index (χ2v) is 9.36. The number of nitrogens with zero attached hydrogens (tertiary/aromatic N) is 3. The number of hydrogen-bond donors (Lipinski definition) is 1. The van der Waals surface area contributed by atoms with Crippen LogP contribution in [0.4, 0.5) is 11.4 Å². The van der Waals surface area contributed by atoms with Gasteiger partial charge in [0.15, 0.2) is 0 Å². The number of benzene rings is 3. The molecular formula is C29H31N3O2. The van der Waals surface area contributed by atoms with Gasteiger partial charge in [0, 0.05) is 12.8 Å². The average Bonchev–Trinajstić information content (AvgIpc) is 3.45. The fourth-order valence-electron chi connectivity index (χ4n) is 4.54. The summed E-state index contributed by atoms with van der Waals surface area (Å²) in [6.07, 6.45) is 5.04. The second-order valence-electron chi connectivity index (χ2n) is 9.36. The molecular weight excluding hydrogens is 422 g/mol. The predicted molar refractivity (Wildman–Crippen MR) is 139 cm³/mol. The van der Waals surface area contributed by atoms with Crippen molar-refractivity contribution in [2.75, 3.05) is 27.2 Å². The number of aliphatic imine (C=N–C) groups is 2. The zero-order valence-corrected chi connectivity index (χ0v) is 19.9. The zero-order valence-electron chi connectivity index (χ0n) is 19.9. The van der Waals surface area contributed by atoms with Gasteiger partial charge in [-0.25, -0.2) is 0 Å². The molecule has 5 nitrogen and oxygen atoms in total. The van der Waals surface area contributed by atoms with Crippen LogP contribution in [-0.4, -0.2) is 48.7 Å². The summed E-state index contributed by atoms with van der Waals surface area (Å²) >= 11 is 0. The first-order valence-electron chi connectivity index (χ1n) is 12.0. The van der Waals surface area contributed by atoms with Gasteiger partial charge in [-0.1, -0.05) is 24.3 Å². The fraction of sp³-hybridized carbons (Fsp3) is 0.310. The molecule has 34 heavy (non-hydrogen) atoms. The van der Waals surface area contributed by atoms with E-state index < -0.39 is 0 Å². The van der Waals surface area contributed by atoms with Crippen LogP contribution in [0.3, 0.4) is 0 Å². The number of ether oxygens (including phenoxy) is 1. The van der Waals surface area contributed by atoms with Crippen LogP contribution in [0.5, 0.6) is 11.5 Å². The highest BCUT2D eigenvalue weighted by molar-refractivity contribution is 6.09. The van der Waals surface area contributed by atoms with Crippen molar-refractivity contribution < 1.29 is 9.84 Å². The van der Waals surface area contributed by atoms with Gasteiger partial charge < -0.3 is 14.7 Å². The first-order chi connectivity index (χ1) is 16.5. The molecule has 2 aliphatic rings. The molecule has 174 valence electrons. The summed E-state index contributed by atoms with van der Waals surface area (Å²) in [6, 6.07) is 20.1. The Morgan fingerprint density at radius 2 is 1.38 bits per heavy atom. The Morgan fingerprint density at radius 1 is 0.765 bits per heavy atom. The van der Waals surface area contributed by atoms with Gasteiger partial charge in [-0.3, -0.25) is 9.98 Å². The van der Waals surface area contributed by atoms with Crippen molar-refractivity contribution in [3.05, 3.63) is 82.9 Å². The van der Waals surface area contributed by atoms with Gasteiger partial charge in [0.05, 0.1) is 29.4 Å². The number of aromatic hydroxyl groups is 1. The molecule has 0 bridgehead atoms. The third-order valence-electron chi connectivity index (χ3n) is 6.41. The Morgan fingerprint density at radius 3 is 2.03 bits per heavy atom. The van der Waals surface area contributed by atoms with Crippen LogP contribution in [0.25, 0.3) is 0 Å². The minimum absolute atomic E-state index is 0.290. The zero-order chi connectivity index (χ0) is 23.5. The molecule has 1 N–H and O–H groups in total. The number of fused-ring (bicyclic) bond motifs is 2. The van der Waals surface area contributed by atoms with Crippen molar-refractivity contribution in [2.24, 2.45) is 9.98 Å². The number of unbranched alkanes of at least 4 members (excludes halogenated alkanes) is 2. The molecule has 5 rings (SSSR count). The van der Waals surface area contributed by atoms with E-state index in [1.807, 2.05) is 12.1 Å². The quantitative estimate of drug-likeness (QED) is 0.413. The van der Waals surface area contributed by atoms with Gasteiger partial charge in [0.2, 0.25) is 0 Å². The van der Waals surface area contributed by atoms with Crippen LogP contribution in [0.2, 0.25) is 0 Å². The van der Waals surface area contributed by atoms with Gasteiger partial charge in [-0.2, -0.15) is 0 Å². The van der Waals surface area contributed by atoms with Crippen molar-refractivity contribution in [2.45, 2.75) is 32.1 Å². The highest BCUT2D eigenvalue weighted by Crippen LogP contribution is 2.33. The van der Waals surface area contributed by atoms with E-state index >= 15 is 0 Å². The third-order valence-corrected chi connectivity index (χ3v) is 6.41. The summed E-state index contributed by atoms with van der Waals surface area (Å²) in [5.74, 6) is 1.22. The third kappa shape index (κ3) is 5.05. The topological polar surface area (TPSA) is 57.4 Å². The lowest BCUT2D eigenvalue weighted by Gasteiger charge is -2.10. The lowest BCUT2D eigenvalue weighted by atomic mass is 9.99. The van der Waals surface area contributed by atoms with Crippen molar-refractivity contribution >= 4 is 22.8 Å². The molecule has 0 radical (unpaired) electrons. The van der Waals surface area contributed by atoms with E-state index in [1.165, 1.54) is 18.4 Å². The number of hydrogen-bond acceptors (Lipinski definition) is 5. The lowest BCUT2D eigenvalue weighted by molar-refractivity contribution is 0.299. The normalized spacial score (nSPS) is 14.1. The SMILES string of the molecule is CN(C)CCCCCOc1ccc2c(c1)CC(c1ccc(C3=Nc4ccc(O)cc4C3)cc1)=N2. The molecule has 2 heterocycles. The minimum Gasteiger partial charge on any atom is -0.508 e. The molecule has 0 fully saturated rings. The van der Waals surface area contributed by atoms with Gasteiger partial charge in [0.25, 0.3) is 0 Å². The van der Waals surface area contributed by atoms with Crippen LogP contribution < -0.4 is 4.74 Å². The summed E-state index contributed by atoms with van der Waals surface area (Å²) in [5, 5.41) is 9.72. The summed E-state index contributed by atoms with van der Waals surface area (Å²) in [4.78, 5) is 11.8. The number of phenols is 1. The molecule has 0 amide bonds. The molecule has 0 saturated heterocycles. The summed E-state index contributed by atoms with van der Waals surface area (Å²) in [7, 11) is 4.23. The highest BCUT2D eigenvalue weighted by atomic mass is 16.5. The van der Waals surface area contributed by atoms with Gasteiger partial charge in [-0.15, -0.1) is 0 Å². The number of phenolic OH excluding ortho intramolecular Hbond substituents is 1. The van der Waals surface area contributed by atoms with Gasteiger partial charge >= 0.3 is 0 Å². The molecule has 0 aliphatic carbocycles. The van der Waals surface area contributed by atoms with Crippen molar-refractivity contribution in [1.29, 1.82) is 0 Å².